The molecule has 0 spiro atoms. The average Bonchev–Trinajstić information content (AvgIpc) is 2.18. The maximum absolute atomic E-state index is 12.7. The van der Waals surface area contributed by atoms with E-state index < -0.39 is 5.54 Å². The SMILES string of the molecule is CC(Cc1ccc(F)cc1)NC(=O)CC(C)(C)N. The van der Waals surface area contributed by atoms with Crippen LogP contribution in [-0.2, 0) is 11.2 Å². The van der Waals surface area contributed by atoms with Crippen LogP contribution in [0.25, 0.3) is 0 Å². The van der Waals surface area contributed by atoms with Crippen LogP contribution in [0.1, 0.15) is 32.8 Å². The minimum Gasteiger partial charge on any atom is -0.353 e. The Morgan fingerprint density at radius 1 is 1.39 bits per heavy atom. The number of nitrogens with one attached hydrogen (secondary N) is 1. The smallest absolute Gasteiger partial charge is 0.222 e. The number of benzene rings is 1. The highest BCUT2D eigenvalue weighted by Crippen LogP contribution is 2.07. The van der Waals surface area contributed by atoms with Gasteiger partial charge in [0.25, 0.3) is 0 Å². The molecule has 0 saturated heterocycles. The fourth-order valence-electron chi connectivity index (χ4n) is 1.76. The molecule has 1 unspecified atom stereocenters. The molecule has 0 fully saturated rings. The zero-order valence-corrected chi connectivity index (χ0v) is 11.2. The van der Waals surface area contributed by atoms with Crippen molar-refractivity contribution in [1.82, 2.24) is 5.32 Å². The van der Waals surface area contributed by atoms with Crippen LogP contribution in [0.5, 0.6) is 0 Å². The first-order chi connectivity index (χ1) is 8.26. The second kappa shape index (κ2) is 5.96. The summed E-state index contributed by atoms with van der Waals surface area (Å²) >= 11 is 0. The fourth-order valence-corrected chi connectivity index (χ4v) is 1.76. The summed E-state index contributed by atoms with van der Waals surface area (Å²) in [5, 5.41) is 2.89. The Balaban J connectivity index is 2.44. The van der Waals surface area contributed by atoms with E-state index in [0.717, 1.165) is 5.56 Å². The van der Waals surface area contributed by atoms with Crippen molar-refractivity contribution in [3.8, 4) is 0 Å². The van der Waals surface area contributed by atoms with Gasteiger partial charge in [-0.05, 0) is 44.9 Å². The summed E-state index contributed by atoms with van der Waals surface area (Å²) in [5.74, 6) is -0.308. The van der Waals surface area contributed by atoms with E-state index in [0.29, 0.717) is 12.8 Å². The van der Waals surface area contributed by atoms with Gasteiger partial charge in [0.15, 0.2) is 0 Å². The summed E-state index contributed by atoms with van der Waals surface area (Å²) < 4.78 is 12.7. The Labute approximate surface area is 108 Å². The van der Waals surface area contributed by atoms with Crippen molar-refractivity contribution in [1.29, 1.82) is 0 Å². The van der Waals surface area contributed by atoms with Gasteiger partial charge in [-0.25, -0.2) is 4.39 Å². The van der Waals surface area contributed by atoms with Crippen molar-refractivity contribution in [2.24, 2.45) is 5.73 Å². The van der Waals surface area contributed by atoms with E-state index >= 15 is 0 Å². The Morgan fingerprint density at radius 2 is 1.94 bits per heavy atom. The largest absolute Gasteiger partial charge is 0.353 e. The van der Waals surface area contributed by atoms with Gasteiger partial charge in [0.1, 0.15) is 5.82 Å². The zero-order chi connectivity index (χ0) is 13.8. The van der Waals surface area contributed by atoms with E-state index in [4.69, 9.17) is 5.73 Å². The molecule has 0 saturated carbocycles. The first-order valence-electron chi connectivity index (χ1n) is 6.09. The third-order valence-corrected chi connectivity index (χ3v) is 2.48. The van der Waals surface area contributed by atoms with Crippen LogP contribution in [0, 0.1) is 5.82 Å². The molecule has 0 aliphatic heterocycles. The third kappa shape index (κ3) is 5.77. The number of amides is 1. The lowest BCUT2D eigenvalue weighted by Gasteiger charge is -2.20. The quantitative estimate of drug-likeness (QED) is 0.842. The second-order valence-corrected chi connectivity index (χ2v) is 5.46. The van der Waals surface area contributed by atoms with Crippen molar-refractivity contribution in [2.45, 2.75) is 45.2 Å². The summed E-state index contributed by atoms with van der Waals surface area (Å²) in [6.07, 6.45) is 0.970. The van der Waals surface area contributed by atoms with Gasteiger partial charge in [-0.3, -0.25) is 4.79 Å². The van der Waals surface area contributed by atoms with Crippen LogP contribution in [0.4, 0.5) is 4.39 Å². The highest BCUT2D eigenvalue weighted by atomic mass is 19.1. The van der Waals surface area contributed by atoms with Crippen LogP contribution in [-0.4, -0.2) is 17.5 Å². The Kier molecular flexibility index (Phi) is 4.84. The summed E-state index contributed by atoms with van der Waals surface area (Å²) in [6, 6.07) is 6.31. The molecule has 0 aliphatic carbocycles. The van der Waals surface area contributed by atoms with Gasteiger partial charge < -0.3 is 11.1 Å². The van der Waals surface area contributed by atoms with E-state index in [1.165, 1.54) is 12.1 Å². The van der Waals surface area contributed by atoms with Gasteiger partial charge in [-0.2, -0.15) is 0 Å². The van der Waals surface area contributed by atoms with E-state index in [9.17, 15) is 9.18 Å². The molecule has 0 radical (unpaired) electrons. The number of hydrogen-bond acceptors (Lipinski definition) is 2. The van der Waals surface area contributed by atoms with E-state index in [1.54, 1.807) is 12.1 Å². The molecule has 3 nitrogen and oxygen atoms in total. The van der Waals surface area contributed by atoms with Gasteiger partial charge in [0.05, 0.1) is 0 Å². The summed E-state index contributed by atoms with van der Waals surface area (Å²) in [5.41, 5.74) is 6.27. The fraction of sp³-hybridized carbons (Fsp3) is 0.500. The van der Waals surface area contributed by atoms with Gasteiger partial charge >= 0.3 is 0 Å². The maximum atomic E-state index is 12.7. The Bertz CT molecular complexity index is 395. The lowest BCUT2D eigenvalue weighted by Crippen LogP contribution is -2.42. The third-order valence-electron chi connectivity index (χ3n) is 2.48. The van der Waals surface area contributed by atoms with Crippen LogP contribution in [0.3, 0.4) is 0 Å². The molecular weight excluding hydrogens is 231 g/mol. The molecular formula is C14H21FN2O. The highest BCUT2D eigenvalue weighted by molar-refractivity contribution is 5.77. The molecule has 100 valence electrons. The van der Waals surface area contributed by atoms with Crippen molar-refractivity contribution >= 4 is 5.91 Å². The first-order valence-corrected chi connectivity index (χ1v) is 6.09. The number of carbonyl (C=O) groups excluding carboxylic acids is 1. The number of carbonyl (C=O) groups is 1. The Morgan fingerprint density at radius 3 is 2.44 bits per heavy atom. The maximum Gasteiger partial charge on any atom is 0.222 e. The molecule has 18 heavy (non-hydrogen) atoms. The summed E-state index contributed by atoms with van der Waals surface area (Å²) in [6.45, 7) is 5.55. The average molecular weight is 252 g/mol. The molecule has 1 amide bonds. The standard InChI is InChI=1S/C14H21FN2O/c1-10(17-13(18)9-14(2,3)16)8-11-4-6-12(15)7-5-11/h4-7,10H,8-9,16H2,1-3H3,(H,17,18). The zero-order valence-electron chi connectivity index (χ0n) is 11.2. The van der Waals surface area contributed by atoms with E-state index in [1.807, 2.05) is 20.8 Å². The summed E-state index contributed by atoms with van der Waals surface area (Å²) in [7, 11) is 0. The lowest BCUT2D eigenvalue weighted by atomic mass is 10.0. The normalized spacial score (nSPS) is 13.2. The number of nitrogens with two attached hydrogens (primary N) is 1. The molecule has 1 atom stereocenters. The van der Waals surface area contributed by atoms with Gasteiger partial charge in [0.2, 0.25) is 5.91 Å². The molecule has 3 N–H and O–H groups in total. The van der Waals surface area contributed by atoms with Crippen LogP contribution in [0.2, 0.25) is 0 Å². The molecule has 0 bridgehead atoms. The van der Waals surface area contributed by atoms with Crippen molar-refractivity contribution in [3.05, 3.63) is 35.6 Å². The van der Waals surface area contributed by atoms with Crippen LogP contribution >= 0.6 is 0 Å². The predicted molar refractivity (Wildman–Crippen MR) is 70.6 cm³/mol. The predicted octanol–water partition coefficient (Wildman–Crippen LogP) is 2.00. The lowest BCUT2D eigenvalue weighted by molar-refractivity contribution is -0.122. The van der Waals surface area contributed by atoms with Gasteiger partial charge in [-0.1, -0.05) is 12.1 Å². The first kappa shape index (κ1) is 14.6. The van der Waals surface area contributed by atoms with Crippen molar-refractivity contribution < 1.29 is 9.18 Å². The molecule has 4 heteroatoms. The van der Waals surface area contributed by atoms with Crippen molar-refractivity contribution in [3.63, 3.8) is 0 Å². The van der Waals surface area contributed by atoms with Gasteiger partial charge in [-0.15, -0.1) is 0 Å². The molecule has 0 aliphatic rings. The van der Waals surface area contributed by atoms with Crippen molar-refractivity contribution in [2.75, 3.05) is 0 Å². The minimum atomic E-state index is -0.500. The number of halogens is 1. The van der Waals surface area contributed by atoms with E-state index in [2.05, 4.69) is 5.32 Å². The summed E-state index contributed by atoms with van der Waals surface area (Å²) in [4.78, 5) is 11.7. The second-order valence-electron chi connectivity index (χ2n) is 5.46. The molecule has 0 heterocycles. The minimum absolute atomic E-state index is 0.00492. The topological polar surface area (TPSA) is 55.1 Å². The number of hydrogen-bond donors (Lipinski definition) is 2. The molecule has 0 aromatic heterocycles. The monoisotopic (exact) mass is 252 g/mol. The molecule has 1 rings (SSSR count). The highest BCUT2D eigenvalue weighted by Gasteiger charge is 2.17. The number of rotatable bonds is 5. The van der Waals surface area contributed by atoms with E-state index in [-0.39, 0.29) is 17.8 Å². The van der Waals surface area contributed by atoms with Gasteiger partial charge in [0, 0.05) is 18.0 Å². The molecule has 1 aromatic rings. The van der Waals surface area contributed by atoms with Crippen LogP contribution in [0.15, 0.2) is 24.3 Å². The van der Waals surface area contributed by atoms with Crippen LogP contribution < -0.4 is 11.1 Å². The molecule has 1 aromatic carbocycles. The Hall–Kier alpha value is -1.42.